The van der Waals surface area contributed by atoms with Crippen molar-refractivity contribution in [2.75, 3.05) is 5.32 Å². The zero-order valence-corrected chi connectivity index (χ0v) is 16.2. The van der Waals surface area contributed by atoms with Crippen molar-refractivity contribution in [3.05, 3.63) is 71.2 Å². The molecule has 0 saturated carbocycles. The second kappa shape index (κ2) is 7.31. The molecular weight excluding hydrogens is 352 g/mol. The van der Waals surface area contributed by atoms with Crippen LogP contribution in [0.4, 0.5) is 5.82 Å². The Bertz CT molecular complexity index is 1120. The van der Waals surface area contributed by atoms with Crippen LogP contribution in [-0.2, 0) is 11.2 Å². The van der Waals surface area contributed by atoms with Crippen LogP contribution in [0, 0.1) is 20.8 Å². The first-order valence-electron chi connectivity index (χ1n) is 9.28. The molecule has 142 valence electrons. The van der Waals surface area contributed by atoms with E-state index in [2.05, 4.69) is 10.5 Å². The predicted molar refractivity (Wildman–Crippen MR) is 108 cm³/mol. The first-order chi connectivity index (χ1) is 13.5. The minimum atomic E-state index is -0.0699. The smallest absolute Gasteiger partial charge is 0.225 e. The van der Waals surface area contributed by atoms with E-state index in [0.29, 0.717) is 18.7 Å². The molecule has 0 unspecified atom stereocenters. The summed E-state index contributed by atoms with van der Waals surface area (Å²) < 4.78 is 7.10. The summed E-state index contributed by atoms with van der Waals surface area (Å²) in [6, 6.07) is 13.9. The van der Waals surface area contributed by atoms with Crippen molar-refractivity contribution in [1.29, 1.82) is 0 Å². The van der Waals surface area contributed by atoms with Crippen LogP contribution in [0.5, 0.6) is 0 Å². The zero-order valence-electron chi connectivity index (χ0n) is 16.2. The molecule has 4 aromatic rings. The van der Waals surface area contributed by atoms with Gasteiger partial charge < -0.3 is 9.84 Å². The summed E-state index contributed by atoms with van der Waals surface area (Å²) in [4.78, 5) is 17.5. The number of carbonyl (C=O) groups excluding carboxylic acids is 1. The molecule has 28 heavy (non-hydrogen) atoms. The van der Waals surface area contributed by atoms with Crippen molar-refractivity contribution in [2.24, 2.45) is 0 Å². The molecule has 6 nitrogen and oxygen atoms in total. The van der Waals surface area contributed by atoms with Crippen molar-refractivity contribution < 1.29 is 9.32 Å². The third kappa shape index (κ3) is 3.41. The van der Waals surface area contributed by atoms with Crippen LogP contribution in [0.1, 0.15) is 29.0 Å². The number of anilines is 1. The maximum Gasteiger partial charge on any atom is 0.225 e. The van der Waals surface area contributed by atoms with Gasteiger partial charge in [0, 0.05) is 23.7 Å². The third-order valence-electron chi connectivity index (χ3n) is 4.87. The molecule has 6 heteroatoms. The second-order valence-electron chi connectivity index (χ2n) is 6.96. The molecule has 1 N–H and O–H groups in total. The zero-order chi connectivity index (χ0) is 19.7. The molecule has 0 spiro atoms. The fourth-order valence-electron chi connectivity index (χ4n) is 3.36. The first kappa shape index (κ1) is 18.0. The Balaban J connectivity index is 1.64. The number of imidazole rings is 1. The van der Waals surface area contributed by atoms with Gasteiger partial charge in [-0.25, -0.2) is 4.98 Å². The Morgan fingerprint density at radius 3 is 2.64 bits per heavy atom. The lowest BCUT2D eigenvalue weighted by Gasteiger charge is -2.08. The normalized spacial score (nSPS) is 11.1. The van der Waals surface area contributed by atoms with Gasteiger partial charge in [0.1, 0.15) is 22.9 Å². The maximum absolute atomic E-state index is 12.7. The average Bonchev–Trinajstić information content (AvgIpc) is 3.20. The lowest BCUT2D eigenvalue weighted by atomic mass is 10.1. The van der Waals surface area contributed by atoms with E-state index >= 15 is 0 Å². The highest BCUT2D eigenvalue weighted by Gasteiger charge is 2.17. The maximum atomic E-state index is 12.7. The molecule has 3 aromatic heterocycles. The van der Waals surface area contributed by atoms with E-state index in [-0.39, 0.29) is 5.91 Å². The topological polar surface area (TPSA) is 72.4 Å². The van der Waals surface area contributed by atoms with Crippen molar-refractivity contribution in [3.8, 4) is 11.3 Å². The minimum absolute atomic E-state index is 0.0699. The Kier molecular flexibility index (Phi) is 4.69. The third-order valence-corrected chi connectivity index (χ3v) is 4.87. The van der Waals surface area contributed by atoms with Gasteiger partial charge in [-0.1, -0.05) is 35.5 Å². The van der Waals surface area contributed by atoms with Gasteiger partial charge in [-0.2, -0.15) is 0 Å². The molecule has 0 saturated heterocycles. The number of benzene rings is 1. The second-order valence-corrected chi connectivity index (χ2v) is 6.96. The number of rotatable bonds is 5. The van der Waals surface area contributed by atoms with Crippen LogP contribution >= 0.6 is 0 Å². The van der Waals surface area contributed by atoms with Crippen molar-refractivity contribution in [2.45, 2.75) is 33.6 Å². The predicted octanol–water partition coefficient (Wildman–Crippen LogP) is 4.49. The van der Waals surface area contributed by atoms with E-state index in [1.54, 1.807) is 0 Å². The Hall–Kier alpha value is -3.41. The number of nitrogens with one attached hydrogen (secondary N) is 1. The molecule has 1 amide bonds. The number of carbonyl (C=O) groups is 1. The van der Waals surface area contributed by atoms with Crippen molar-refractivity contribution in [1.82, 2.24) is 14.5 Å². The van der Waals surface area contributed by atoms with E-state index in [1.165, 1.54) is 0 Å². The first-order valence-corrected chi connectivity index (χ1v) is 9.28. The van der Waals surface area contributed by atoms with Crippen LogP contribution in [0.2, 0.25) is 0 Å². The van der Waals surface area contributed by atoms with Crippen molar-refractivity contribution >= 4 is 17.4 Å². The summed E-state index contributed by atoms with van der Waals surface area (Å²) in [5, 5.41) is 7.02. The van der Waals surface area contributed by atoms with Gasteiger partial charge in [0.25, 0.3) is 0 Å². The van der Waals surface area contributed by atoms with Gasteiger partial charge in [0.15, 0.2) is 0 Å². The van der Waals surface area contributed by atoms with Crippen LogP contribution in [0.15, 0.2) is 53.2 Å². The number of fused-ring (bicyclic) bond motifs is 1. The van der Waals surface area contributed by atoms with Gasteiger partial charge in [-0.15, -0.1) is 0 Å². The lowest BCUT2D eigenvalue weighted by molar-refractivity contribution is -0.116. The fourth-order valence-corrected chi connectivity index (χ4v) is 3.36. The molecule has 0 aliphatic carbocycles. The summed E-state index contributed by atoms with van der Waals surface area (Å²) in [6.45, 7) is 5.79. The van der Waals surface area contributed by atoms with E-state index in [4.69, 9.17) is 9.51 Å². The SMILES string of the molecule is Cc1ccn2c(NC(=O)CCc3c(C)noc3C)c(-c3ccccc3)nc2c1. The monoisotopic (exact) mass is 374 g/mol. The lowest BCUT2D eigenvalue weighted by Crippen LogP contribution is -2.14. The van der Waals surface area contributed by atoms with Crippen LogP contribution < -0.4 is 5.32 Å². The fraction of sp³-hybridized carbons (Fsp3) is 0.227. The van der Waals surface area contributed by atoms with Gasteiger partial charge in [0.2, 0.25) is 5.91 Å². The number of aromatic nitrogens is 3. The molecule has 4 rings (SSSR count). The summed E-state index contributed by atoms with van der Waals surface area (Å²) in [5.74, 6) is 1.38. The minimum Gasteiger partial charge on any atom is -0.361 e. The summed E-state index contributed by atoms with van der Waals surface area (Å²) >= 11 is 0. The van der Waals surface area contributed by atoms with Crippen LogP contribution in [0.25, 0.3) is 16.9 Å². The standard InChI is InChI=1S/C22H22N4O2/c1-14-11-12-26-19(13-14)23-21(17-7-5-4-6-8-17)22(26)24-20(27)10-9-18-15(2)25-28-16(18)3/h4-8,11-13H,9-10H2,1-3H3,(H,24,27). The number of aryl methyl sites for hydroxylation is 3. The number of hydrogen-bond donors (Lipinski definition) is 1. The molecular formula is C22H22N4O2. The molecule has 0 atom stereocenters. The number of hydrogen-bond acceptors (Lipinski definition) is 4. The molecule has 1 aromatic carbocycles. The van der Waals surface area contributed by atoms with Crippen LogP contribution in [0.3, 0.4) is 0 Å². The summed E-state index contributed by atoms with van der Waals surface area (Å²) in [5.41, 5.74) is 5.47. The van der Waals surface area contributed by atoms with Gasteiger partial charge >= 0.3 is 0 Å². The number of pyridine rings is 1. The van der Waals surface area contributed by atoms with E-state index in [9.17, 15) is 4.79 Å². The molecule has 0 fully saturated rings. The Morgan fingerprint density at radius 1 is 1.14 bits per heavy atom. The van der Waals surface area contributed by atoms with Crippen molar-refractivity contribution in [3.63, 3.8) is 0 Å². The quantitative estimate of drug-likeness (QED) is 0.559. The Morgan fingerprint density at radius 2 is 1.93 bits per heavy atom. The largest absolute Gasteiger partial charge is 0.361 e. The van der Waals surface area contributed by atoms with E-state index < -0.39 is 0 Å². The van der Waals surface area contributed by atoms with Crippen LogP contribution in [-0.4, -0.2) is 20.4 Å². The van der Waals surface area contributed by atoms with Gasteiger partial charge in [-0.05, 0) is 44.9 Å². The molecule has 0 aliphatic rings. The molecule has 0 radical (unpaired) electrons. The van der Waals surface area contributed by atoms with E-state index in [1.807, 2.05) is 73.8 Å². The number of nitrogens with zero attached hydrogens (tertiary/aromatic N) is 3. The Labute approximate surface area is 163 Å². The van der Waals surface area contributed by atoms with Gasteiger partial charge in [0.05, 0.1) is 5.69 Å². The average molecular weight is 374 g/mol. The number of amides is 1. The molecule has 3 heterocycles. The van der Waals surface area contributed by atoms with Gasteiger partial charge in [-0.3, -0.25) is 9.20 Å². The summed E-state index contributed by atoms with van der Waals surface area (Å²) in [6.07, 6.45) is 2.87. The highest BCUT2D eigenvalue weighted by Crippen LogP contribution is 2.29. The summed E-state index contributed by atoms with van der Waals surface area (Å²) in [7, 11) is 0. The highest BCUT2D eigenvalue weighted by atomic mass is 16.5. The van der Waals surface area contributed by atoms with E-state index in [0.717, 1.165) is 39.5 Å². The molecule has 0 aliphatic heterocycles. The highest BCUT2D eigenvalue weighted by molar-refractivity contribution is 5.94. The molecule has 0 bridgehead atoms.